The number of para-hydroxylation sites is 1. The van der Waals surface area contributed by atoms with E-state index in [-0.39, 0.29) is 11.1 Å². The molecule has 132 valence electrons. The van der Waals surface area contributed by atoms with Crippen LogP contribution in [0.15, 0.2) is 42.5 Å². The smallest absolute Gasteiger partial charge is 0.321 e. The number of phenols is 1. The molecule has 2 atom stereocenters. The molecule has 1 aliphatic heterocycles. The Kier molecular flexibility index (Phi) is 5.42. The number of carbonyl (C=O) groups is 1. The van der Waals surface area contributed by atoms with Crippen LogP contribution in [0.2, 0.25) is 5.02 Å². The van der Waals surface area contributed by atoms with Gasteiger partial charge in [0.15, 0.2) is 11.5 Å². The maximum atomic E-state index is 11.7. The predicted molar refractivity (Wildman–Crippen MR) is 98.3 cm³/mol. The lowest BCUT2D eigenvalue weighted by atomic mass is 10.1. The van der Waals surface area contributed by atoms with E-state index in [4.69, 9.17) is 16.3 Å². The van der Waals surface area contributed by atoms with Crippen LogP contribution in [-0.2, 0) is 11.3 Å². The maximum Gasteiger partial charge on any atom is 0.321 e. The molecule has 1 heterocycles. The van der Waals surface area contributed by atoms with Crippen molar-refractivity contribution in [3.63, 3.8) is 0 Å². The van der Waals surface area contributed by atoms with E-state index >= 15 is 0 Å². The van der Waals surface area contributed by atoms with E-state index < -0.39 is 12.0 Å². The van der Waals surface area contributed by atoms with E-state index in [2.05, 4.69) is 0 Å². The number of nitrogens with zero attached hydrogens (tertiary/aromatic N) is 1. The normalized spacial score (nSPS) is 20.6. The fourth-order valence-corrected chi connectivity index (χ4v) is 4.60. The molecule has 5 nitrogen and oxygen atoms in total. The van der Waals surface area contributed by atoms with Gasteiger partial charge in [0.05, 0.1) is 12.5 Å². The van der Waals surface area contributed by atoms with Crippen molar-refractivity contribution < 1.29 is 19.7 Å². The predicted octanol–water partition coefficient (Wildman–Crippen LogP) is 3.76. The van der Waals surface area contributed by atoms with Gasteiger partial charge in [-0.1, -0.05) is 35.9 Å². The zero-order valence-corrected chi connectivity index (χ0v) is 15.1. The van der Waals surface area contributed by atoms with E-state index in [1.807, 2.05) is 23.1 Å². The van der Waals surface area contributed by atoms with Crippen LogP contribution in [0.4, 0.5) is 0 Å². The Bertz CT molecular complexity index is 785. The van der Waals surface area contributed by atoms with Crippen molar-refractivity contribution in [1.82, 2.24) is 4.90 Å². The Labute approximate surface area is 155 Å². The number of methoxy groups -OCH3 is 1. The summed E-state index contributed by atoms with van der Waals surface area (Å²) in [5, 5.41) is 20.4. The second-order valence-electron chi connectivity index (χ2n) is 5.74. The Morgan fingerprint density at radius 3 is 2.80 bits per heavy atom. The molecular weight excluding hydrogens is 362 g/mol. The molecule has 0 radical (unpaired) electrons. The molecule has 2 aromatic rings. The zero-order valence-electron chi connectivity index (χ0n) is 13.6. The summed E-state index contributed by atoms with van der Waals surface area (Å²) in [4.78, 5) is 13.6. The molecule has 0 saturated carbocycles. The van der Waals surface area contributed by atoms with Gasteiger partial charge in [0, 0.05) is 22.9 Å². The molecule has 25 heavy (non-hydrogen) atoms. The Morgan fingerprint density at radius 2 is 2.12 bits per heavy atom. The lowest BCUT2D eigenvalue weighted by molar-refractivity contribution is -0.142. The molecule has 0 aliphatic carbocycles. The number of phenolic OH excluding ortho intramolecular Hbond substituents is 1. The van der Waals surface area contributed by atoms with Gasteiger partial charge >= 0.3 is 5.97 Å². The van der Waals surface area contributed by atoms with Crippen molar-refractivity contribution in [2.45, 2.75) is 18.0 Å². The van der Waals surface area contributed by atoms with Gasteiger partial charge in [0.1, 0.15) is 6.04 Å². The van der Waals surface area contributed by atoms with Crippen LogP contribution in [0.5, 0.6) is 11.5 Å². The summed E-state index contributed by atoms with van der Waals surface area (Å²) < 4.78 is 5.14. The molecule has 2 aromatic carbocycles. The fourth-order valence-electron chi connectivity index (χ4n) is 2.95. The van der Waals surface area contributed by atoms with Crippen LogP contribution >= 0.6 is 23.4 Å². The highest BCUT2D eigenvalue weighted by Crippen LogP contribution is 2.44. The molecule has 0 spiro atoms. The third kappa shape index (κ3) is 3.71. The number of hydrogen-bond donors (Lipinski definition) is 2. The number of aliphatic carboxylic acids is 1. The standard InChI is InChI=1S/C18H18ClNO4S/c1-24-15-7-3-5-12(16(15)21)9-20-14(18(22)23)10-25-17(20)11-4-2-6-13(19)8-11/h2-8,14,17,21H,9-10H2,1H3,(H,22,23). The molecule has 0 bridgehead atoms. The number of benzene rings is 2. The van der Waals surface area contributed by atoms with E-state index in [0.717, 1.165) is 5.56 Å². The monoisotopic (exact) mass is 379 g/mol. The third-order valence-corrected chi connectivity index (χ3v) is 5.79. The molecule has 2 N–H and O–H groups in total. The Hall–Kier alpha value is -1.89. The molecule has 2 unspecified atom stereocenters. The first-order chi connectivity index (χ1) is 12.0. The van der Waals surface area contributed by atoms with E-state index in [1.54, 1.807) is 36.0 Å². The van der Waals surface area contributed by atoms with Gasteiger partial charge in [-0.2, -0.15) is 0 Å². The number of carboxylic acids is 1. The molecule has 0 aromatic heterocycles. The third-order valence-electron chi connectivity index (χ3n) is 4.19. The van der Waals surface area contributed by atoms with Crippen LogP contribution in [0.1, 0.15) is 16.5 Å². The van der Waals surface area contributed by atoms with Gasteiger partial charge < -0.3 is 14.9 Å². The number of thioether (sulfide) groups is 1. The minimum Gasteiger partial charge on any atom is -0.504 e. The topological polar surface area (TPSA) is 70.0 Å². The van der Waals surface area contributed by atoms with Gasteiger partial charge in [-0.3, -0.25) is 9.69 Å². The first-order valence-corrected chi connectivity index (χ1v) is 9.14. The van der Waals surface area contributed by atoms with Crippen molar-refractivity contribution in [2.75, 3.05) is 12.9 Å². The zero-order chi connectivity index (χ0) is 18.0. The maximum absolute atomic E-state index is 11.7. The van der Waals surface area contributed by atoms with Crippen molar-refractivity contribution in [1.29, 1.82) is 0 Å². The average molecular weight is 380 g/mol. The summed E-state index contributed by atoms with van der Waals surface area (Å²) in [6.45, 7) is 0.296. The number of aromatic hydroxyl groups is 1. The van der Waals surface area contributed by atoms with Crippen molar-refractivity contribution >= 4 is 29.3 Å². The van der Waals surface area contributed by atoms with Crippen LogP contribution in [0.25, 0.3) is 0 Å². The highest BCUT2D eigenvalue weighted by molar-refractivity contribution is 7.99. The van der Waals surface area contributed by atoms with Crippen LogP contribution < -0.4 is 4.74 Å². The number of carboxylic acid groups (broad SMARTS) is 1. The van der Waals surface area contributed by atoms with Crippen molar-refractivity contribution in [3.8, 4) is 11.5 Å². The summed E-state index contributed by atoms with van der Waals surface area (Å²) in [7, 11) is 1.49. The molecule has 1 fully saturated rings. The second kappa shape index (κ2) is 7.56. The molecule has 0 amide bonds. The summed E-state index contributed by atoms with van der Waals surface area (Å²) in [6, 6.07) is 12.0. The van der Waals surface area contributed by atoms with E-state index in [1.165, 1.54) is 7.11 Å². The molecule has 7 heteroatoms. The molecule has 1 aliphatic rings. The molecule has 1 saturated heterocycles. The number of halogens is 1. The lowest BCUT2D eigenvalue weighted by Crippen LogP contribution is -2.38. The second-order valence-corrected chi connectivity index (χ2v) is 7.28. The Balaban J connectivity index is 1.94. The number of rotatable bonds is 5. The molecular formula is C18H18ClNO4S. The van der Waals surface area contributed by atoms with Crippen LogP contribution in [0.3, 0.4) is 0 Å². The number of hydrogen-bond acceptors (Lipinski definition) is 5. The first kappa shape index (κ1) is 17.9. The van der Waals surface area contributed by atoms with E-state index in [0.29, 0.717) is 28.6 Å². The minimum absolute atomic E-state index is 0.0379. The van der Waals surface area contributed by atoms with Crippen molar-refractivity contribution in [2.24, 2.45) is 0 Å². The quantitative estimate of drug-likeness (QED) is 0.824. The van der Waals surface area contributed by atoms with Crippen molar-refractivity contribution in [3.05, 3.63) is 58.6 Å². The van der Waals surface area contributed by atoms with Gasteiger partial charge in [-0.05, 0) is 23.8 Å². The summed E-state index contributed by atoms with van der Waals surface area (Å²) in [6.07, 6.45) is 0. The summed E-state index contributed by atoms with van der Waals surface area (Å²) in [5.74, 6) is 0.00266. The largest absolute Gasteiger partial charge is 0.504 e. The Morgan fingerprint density at radius 1 is 1.36 bits per heavy atom. The summed E-state index contributed by atoms with van der Waals surface area (Å²) in [5.41, 5.74) is 1.57. The van der Waals surface area contributed by atoms with Gasteiger partial charge in [-0.15, -0.1) is 11.8 Å². The fraction of sp³-hybridized carbons (Fsp3) is 0.278. The average Bonchev–Trinajstić information content (AvgIpc) is 3.00. The van der Waals surface area contributed by atoms with Gasteiger partial charge in [-0.25, -0.2) is 0 Å². The summed E-state index contributed by atoms with van der Waals surface area (Å²) >= 11 is 7.65. The highest BCUT2D eigenvalue weighted by Gasteiger charge is 2.39. The highest BCUT2D eigenvalue weighted by atomic mass is 35.5. The number of ether oxygens (including phenoxy) is 1. The first-order valence-electron chi connectivity index (χ1n) is 7.71. The van der Waals surface area contributed by atoms with Gasteiger partial charge in [0.25, 0.3) is 0 Å². The lowest BCUT2D eigenvalue weighted by Gasteiger charge is -2.28. The minimum atomic E-state index is -0.876. The van der Waals surface area contributed by atoms with Gasteiger partial charge in [0.2, 0.25) is 0 Å². The van der Waals surface area contributed by atoms with Crippen LogP contribution in [0, 0.1) is 0 Å². The van der Waals surface area contributed by atoms with E-state index in [9.17, 15) is 15.0 Å². The SMILES string of the molecule is COc1cccc(CN2C(C(=O)O)CSC2c2cccc(Cl)c2)c1O. The van der Waals surface area contributed by atoms with Crippen LogP contribution in [-0.4, -0.2) is 40.0 Å². The molecule has 3 rings (SSSR count).